The van der Waals surface area contributed by atoms with E-state index >= 15 is 0 Å². The first-order chi connectivity index (χ1) is 9.22. The molecule has 96 valence electrons. The average Bonchev–Trinajstić information content (AvgIpc) is 2.83. The zero-order chi connectivity index (χ0) is 13.2. The van der Waals surface area contributed by atoms with Crippen molar-refractivity contribution in [2.75, 3.05) is 5.32 Å². The molecule has 0 atom stereocenters. The minimum absolute atomic E-state index is 0.594. The van der Waals surface area contributed by atoms with Crippen molar-refractivity contribution in [3.63, 3.8) is 0 Å². The van der Waals surface area contributed by atoms with Crippen LogP contribution in [0.15, 0.2) is 46.9 Å². The summed E-state index contributed by atoms with van der Waals surface area (Å²) in [5, 5.41) is 3.31. The molecule has 1 N–H and O–H groups in total. The molecule has 19 heavy (non-hydrogen) atoms. The largest absolute Gasteiger partial charge is 0.439 e. The van der Waals surface area contributed by atoms with Crippen molar-refractivity contribution in [2.24, 2.45) is 0 Å². The molecule has 0 aliphatic heterocycles. The highest BCUT2D eigenvalue weighted by Gasteiger charge is 2.06. The summed E-state index contributed by atoms with van der Waals surface area (Å²) in [5.41, 5.74) is 5.26. The van der Waals surface area contributed by atoms with E-state index in [4.69, 9.17) is 4.42 Å². The number of rotatable bonds is 3. The number of oxazole rings is 1. The van der Waals surface area contributed by atoms with Gasteiger partial charge in [-0.25, -0.2) is 4.98 Å². The van der Waals surface area contributed by atoms with Crippen molar-refractivity contribution in [3.8, 4) is 0 Å². The normalized spacial score (nSPS) is 10.8. The van der Waals surface area contributed by atoms with E-state index in [0.717, 1.165) is 22.4 Å². The number of hydrogen-bond acceptors (Lipinski definition) is 3. The lowest BCUT2D eigenvalue weighted by Gasteiger charge is -2.03. The third kappa shape index (κ3) is 2.45. The van der Waals surface area contributed by atoms with Gasteiger partial charge < -0.3 is 9.73 Å². The van der Waals surface area contributed by atoms with E-state index in [1.165, 1.54) is 5.56 Å². The first kappa shape index (κ1) is 11.8. The fraction of sp³-hybridized carbons (Fsp3) is 0.188. The summed E-state index contributed by atoms with van der Waals surface area (Å²) >= 11 is 0. The van der Waals surface area contributed by atoms with Crippen molar-refractivity contribution < 1.29 is 4.42 Å². The third-order valence-corrected chi connectivity index (χ3v) is 3.16. The zero-order valence-electron chi connectivity index (χ0n) is 11.1. The Hall–Kier alpha value is -2.29. The number of nitrogens with one attached hydrogen (secondary N) is 1. The van der Waals surface area contributed by atoms with E-state index in [1.54, 1.807) is 0 Å². The maximum absolute atomic E-state index is 5.72. The quantitative estimate of drug-likeness (QED) is 0.764. The molecule has 0 saturated heterocycles. The highest BCUT2D eigenvalue weighted by molar-refractivity contribution is 5.76. The molecule has 3 nitrogen and oxygen atoms in total. The lowest BCUT2D eigenvalue weighted by atomic mass is 10.2. The van der Waals surface area contributed by atoms with Crippen LogP contribution in [0.4, 0.5) is 5.69 Å². The number of para-hydroxylation sites is 1. The number of hydrogen-bond donors (Lipinski definition) is 1. The Balaban J connectivity index is 1.78. The predicted octanol–water partition coefficient (Wildman–Crippen LogP) is 4.06. The van der Waals surface area contributed by atoms with E-state index in [-0.39, 0.29) is 0 Å². The molecule has 0 radical (unpaired) electrons. The molecule has 0 aliphatic carbocycles. The summed E-state index contributed by atoms with van der Waals surface area (Å²) in [7, 11) is 0. The summed E-state index contributed by atoms with van der Waals surface area (Å²) in [6, 6.07) is 14.3. The van der Waals surface area contributed by atoms with Crippen molar-refractivity contribution in [1.82, 2.24) is 4.98 Å². The Morgan fingerprint density at radius 1 is 1.05 bits per heavy atom. The maximum Gasteiger partial charge on any atom is 0.214 e. The van der Waals surface area contributed by atoms with Gasteiger partial charge in [0, 0.05) is 5.69 Å². The Morgan fingerprint density at radius 3 is 2.58 bits per heavy atom. The minimum atomic E-state index is 0.594. The highest BCUT2D eigenvalue weighted by Crippen LogP contribution is 2.19. The van der Waals surface area contributed by atoms with Crippen LogP contribution in [0.5, 0.6) is 0 Å². The second-order valence-electron chi connectivity index (χ2n) is 4.75. The molecule has 1 heterocycles. The third-order valence-electron chi connectivity index (χ3n) is 3.16. The fourth-order valence-electron chi connectivity index (χ4n) is 2.06. The summed E-state index contributed by atoms with van der Waals surface area (Å²) in [6.45, 7) is 4.71. The van der Waals surface area contributed by atoms with Gasteiger partial charge in [-0.2, -0.15) is 0 Å². The molecule has 2 aromatic carbocycles. The van der Waals surface area contributed by atoms with Gasteiger partial charge in [0.2, 0.25) is 5.89 Å². The van der Waals surface area contributed by atoms with E-state index < -0.39 is 0 Å². The van der Waals surface area contributed by atoms with Gasteiger partial charge in [-0.3, -0.25) is 0 Å². The Morgan fingerprint density at radius 2 is 1.84 bits per heavy atom. The summed E-state index contributed by atoms with van der Waals surface area (Å²) in [4.78, 5) is 4.52. The van der Waals surface area contributed by atoms with Crippen molar-refractivity contribution >= 4 is 16.8 Å². The molecule has 3 aromatic rings. The van der Waals surface area contributed by atoms with E-state index in [1.807, 2.05) is 25.1 Å². The molecule has 1 aromatic heterocycles. The number of benzene rings is 2. The van der Waals surface area contributed by atoms with Gasteiger partial charge >= 0.3 is 0 Å². The molecule has 0 bridgehead atoms. The van der Waals surface area contributed by atoms with Gasteiger partial charge in [0.1, 0.15) is 5.52 Å². The molecule has 0 unspecified atom stereocenters. The molecule has 0 fully saturated rings. The standard InChI is InChI=1S/C16H16N2O/c1-11-6-8-13(9-7-11)17-10-15-18-16-12(2)4-3-5-14(16)19-15/h3-9,17H,10H2,1-2H3. The van der Waals surface area contributed by atoms with Crippen LogP contribution in [-0.2, 0) is 6.54 Å². The van der Waals surface area contributed by atoms with Gasteiger partial charge in [-0.05, 0) is 37.6 Å². The number of aryl methyl sites for hydroxylation is 2. The number of aromatic nitrogens is 1. The number of anilines is 1. The molecule has 0 aliphatic rings. The molecule has 3 heteroatoms. The second kappa shape index (κ2) is 4.76. The first-order valence-electron chi connectivity index (χ1n) is 6.38. The van der Waals surface area contributed by atoms with Crippen molar-refractivity contribution in [3.05, 3.63) is 59.5 Å². The number of nitrogens with zero attached hydrogens (tertiary/aromatic N) is 1. The molecule has 0 saturated carbocycles. The zero-order valence-corrected chi connectivity index (χ0v) is 11.1. The van der Waals surface area contributed by atoms with Gasteiger partial charge in [0.25, 0.3) is 0 Å². The van der Waals surface area contributed by atoms with Crippen molar-refractivity contribution in [1.29, 1.82) is 0 Å². The maximum atomic E-state index is 5.72. The summed E-state index contributed by atoms with van der Waals surface area (Å²) in [5.74, 6) is 0.713. The molecule has 0 amide bonds. The molecule has 0 spiro atoms. The van der Waals surface area contributed by atoms with Crippen LogP contribution in [0.2, 0.25) is 0 Å². The fourth-order valence-corrected chi connectivity index (χ4v) is 2.06. The average molecular weight is 252 g/mol. The highest BCUT2D eigenvalue weighted by atomic mass is 16.3. The first-order valence-corrected chi connectivity index (χ1v) is 6.38. The van der Waals surface area contributed by atoms with E-state index in [9.17, 15) is 0 Å². The van der Waals surface area contributed by atoms with Gasteiger partial charge in [0.15, 0.2) is 5.58 Å². The molecular formula is C16H16N2O. The monoisotopic (exact) mass is 252 g/mol. The van der Waals surface area contributed by atoms with Crippen LogP contribution in [-0.4, -0.2) is 4.98 Å². The van der Waals surface area contributed by atoms with Crippen LogP contribution in [0.3, 0.4) is 0 Å². The van der Waals surface area contributed by atoms with Gasteiger partial charge in [-0.15, -0.1) is 0 Å². The summed E-state index contributed by atoms with van der Waals surface area (Å²) < 4.78 is 5.72. The van der Waals surface area contributed by atoms with E-state index in [0.29, 0.717) is 12.4 Å². The smallest absolute Gasteiger partial charge is 0.214 e. The topological polar surface area (TPSA) is 38.1 Å². The SMILES string of the molecule is Cc1ccc(NCc2nc3c(C)cccc3o2)cc1. The van der Waals surface area contributed by atoms with Crippen LogP contribution < -0.4 is 5.32 Å². The predicted molar refractivity (Wildman–Crippen MR) is 77.3 cm³/mol. The Labute approximate surface area is 112 Å². The lowest BCUT2D eigenvalue weighted by molar-refractivity contribution is 0.540. The van der Waals surface area contributed by atoms with Crippen LogP contribution >= 0.6 is 0 Å². The van der Waals surface area contributed by atoms with Crippen LogP contribution in [0.25, 0.3) is 11.1 Å². The number of fused-ring (bicyclic) bond motifs is 1. The molecular weight excluding hydrogens is 236 g/mol. The summed E-state index contributed by atoms with van der Waals surface area (Å²) in [6.07, 6.45) is 0. The van der Waals surface area contributed by atoms with Crippen LogP contribution in [0.1, 0.15) is 17.0 Å². The molecule has 3 rings (SSSR count). The lowest BCUT2D eigenvalue weighted by Crippen LogP contribution is -1.99. The van der Waals surface area contributed by atoms with Crippen LogP contribution in [0, 0.1) is 13.8 Å². The van der Waals surface area contributed by atoms with Gasteiger partial charge in [-0.1, -0.05) is 29.8 Å². The second-order valence-corrected chi connectivity index (χ2v) is 4.75. The van der Waals surface area contributed by atoms with Gasteiger partial charge in [0.05, 0.1) is 6.54 Å². The minimum Gasteiger partial charge on any atom is -0.439 e. The van der Waals surface area contributed by atoms with Crippen molar-refractivity contribution in [2.45, 2.75) is 20.4 Å². The van der Waals surface area contributed by atoms with E-state index in [2.05, 4.69) is 41.5 Å². The Kier molecular flexibility index (Phi) is 2.95. The Bertz CT molecular complexity index is 698.